The highest BCUT2D eigenvalue weighted by molar-refractivity contribution is 5.80. The Kier molecular flexibility index (Phi) is 30.9. The molecule has 1 fully saturated rings. The van der Waals surface area contributed by atoms with Gasteiger partial charge in [-0.1, -0.05) is 167 Å². The van der Waals surface area contributed by atoms with Crippen molar-refractivity contribution < 1.29 is 44.9 Å². The summed E-state index contributed by atoms with van der Waals surface area (Å²) in [4.78, 5) is 12.9. The standard InChI is InChI=1S/C42H79NO9/c1-3-5-7-9-11-13-15-16-17-18-19-20-21-23-24-26-28-30-35(45)34(33-51-42-40(49)39(48)38(47)37(32-44)52-42)43-41(50)36(46)31-29-27-25-22-14-12-10-8-6-4-2/h21,23,28,30,34-40,42,44-49H,3-20,22,24-27,29,31-33H2,1-2H3,(H,43,50)/b23-21+,30-28+. The third-order valence-electron chi connectivity index (χ3n) is 10.1. The lowest BCUT2D eigenvalue weighted by molar-refractivity contribution is -0.302. The van der Waals surface area contributed by atoms with Crippen molar-refractivity contribution in [2.45, 2.75) is 223 Å². The van der Waals surface area contributed by atoms with Gasteiger partial charge in [-0.3, -0.25) is 4.79 Å². The normalized spacial score (nSPS) is 22.7. The number of aliphatic hydroxyl groups is 6. The van der Waals surface area contributed by atoms with Crippen molar-refractivity contribution in [3.05, 3.63) is 24.3 Å². The Balaban J connectivity index is 2.49. The molecule has 7 N–H and O–H groups in total. The molecule has 0 aromatic carbocycles. The molecule has 8 atom stereocenters. The van der Waals surface area contributed by atoms with E-state index in [9.17, 15) is 35.4 Å². The average Bonchev–Trinajstić information content (AvgIpc) is 3.14. The molecule has 0 aromatic heterocycles. The first kappa shape index (κ1) is 48.6. The lowest BCUT2D eigenvalue weighted by Crippen LogP contribution is -2.60. The van der Waals surface area contributed by atoms with Gasteiger partial charge in [-0.05, 0) is 32.1 Å². The second-order valence-corrected chi connectivity index (χ2v) is 14.9. The zero-order valence-corrected chi connectivity index (χ0v) is 32.9. The minimum absolute atomic E-state index is 0.306. The molecule has 0 spiro atoms. The van der Waals surface area contributed by atoms with Gasteiger partial charge in [0.15, 0.2) is 6.29 Å². The number of hydrogen-bond acceptors (Lipinski definition) is 9. The molecule has 8 unspecified atom stereocenters. The van der Waals surface area contributed by atoms with E-state index in [-0.39, 0.29) is 6.61 Å². The minimum Gasteiger partial charge on any atom is -0.394 e. The van der Waals surface area contributed by atoms with E-state index in [1.54, 1.807) is 6.08 Å². The molecule has 1 amide bonds. The van der Waals surface area contributed by atoms with Crippen LogP contribution in [0.2, 0.25) is 0 Å². The highest BCUT2D eigenvalue weighted by Crippen LogP contribution is 2.22. The van der Waals surface area contributed by atoms with Crippen LogP contribution in [0.3, 0.4) is 0 Å². The molecule has 1 heterocycles. The monoisotopic (exact) mass is 742 g/mol. The van der Waals surface area contributed by atoms with Gasteiger partial charge < -0.3 is 45.4 Å². The van der Waals surface area contributed by atoms with Gasteiger partial charge in [0.1, 0.15) is 30.5 Å². The predicted molar refractivity (Wildman–Crippen MR) is 209 cm³/mol. The zero-order valence-electron chi connectivity index (χ0n) is 32.9. The number of carbonyl (C=O) groups excluding carboxylic acids is 1. The van der Waals surface area contributed by atoms with Gasteiger partial charge in [-0.2, -0.15) is 0 Å². The number of allylic oxidation sites excluding steroid dienone is 3. The van der Waals surface area contributed by atoms with Crippen LogP contribution in [0.25, 0.3) is 0 Å². The smallest absolute Gasteiger partial charge is 0.249 e. The molecule has 1 aliphatic rings. The van der Waals surface area contributed by atoms with Gasteiger partial charge in [-0.15, -0.1) is 0 Å². The molecule has 0 saturated carbocycles. The first-order valence-corrected chi connectivity index (χ1v) is 21.2. The van der Waals surface area contributed by atoms with Crippen LogP contribution < -0.4 is 5.32 Å². The zero-order chi connectivity index (χ0) is 38.2. The molecule has 0 aliphatic carbocycles. The van der Waals surface area contributed by atoms with Crippen LogP contribution in [-0.4, -0.2) is 98.7 Å². The van der Waals surface area contributed by atoms with Crippen molar-refractivity contribution >= 4 is 5.91 Å². The molecule has 1 rings (SSSR count). The summed E-state index contributed by atoms with van der Waals surface area (Å²) >= 11 is 0. The third-order valence-corrected chi connectivity index (χ3v) is 10.1. The number of ether oxygens (including phenoxy) is 2. The summed E-state index contributed by atoms with van der Waals surface area (Å²) in [5.41, 5.74) is 0. The summed E-state index contributed by atoms with van der Waals surface area (Å²) in [6.07, 6.45) is 27.0. The molecular weight excluding hydrogens is 662 g/mol. The summed E-state index contributed by atoms with van der Waals surface area (Å²) in [5, 5.41) is 64.4. The van der Waals surface area contributed by atoms with Crippen LogP contribution in [0, 0.1) is 0 Å². The van der Waals surface area contributed by atoms with Gasteiger partial charge in [-0.25, -0.2) is 0 Å². The number of carbonyl (C=O) groups is 1. The highest BCUT2D eigenvalue weighted by Gasteiger charge is 2.44. The second-order valence-electron chi connectivity index (χ2n) is 14.9. The second kappa shape index (κ2) is 33.0. The lowest BCUT2D eigenvalue weighted by atomic mass is 9.99. The highest BCUT2D eigenvalue weighted by atomic mass is 16.7. The van der Waals surface area contributed by atoms with Crippen LogP contribution >= 0.6 is 0 Å². The molecule has 306 valence electrons. The van der Waals surface area contributed by atoms with Gasteiger partial charge >= 0.3 is 0 Å². The number of rotatable bonds is 34. The Morgan fingerprint density at radius 3 is 1.67 bits per heavy atom. The van der Waals surface area contributed by atoms with E-state index in [0.717, 1.165) is 32.1 Å². The van der Waals surface area contributed by atoms with Gasteiger partial charge in [0.25, 0.3) is 0 Å². The van der Waals surface area contributed by atoms with Gasteiger partial charge in [0, 0.05) is 0 Å². The summed E-state index contributed by atoms with van der Waals surface area (Å²) in [5.74, 6) is -0.629. The summed E-state index contributed by atoms with van der Waals surface area (Å²) in [7, 11) is 0. The number of hydrogen-bond donors (Lipinski definition) is 7. The Hall–Kier alpha value is -1.37. The van der Waals surface area contributed by atoms with E-state index < -0.39 is 61.5 Å². The number of unbranched alkanes of at least 4 members (excludes halogenated alkanes) is 21. The first-order valence-electron chi connectivity index (χ1n) is 21.2. The van der Waals surface area contributed by atoms with Crippen molar-refractivity contribution in [3.8, 4) is 0 Å². The van der Waals surface area contributed by atoms with Crippen LogP contribution in [-0.2, 0) is 14.3 Å². The molecular formula is C42H79NO9. The lowest BCUT2D eigenvalue weighted by Gasteiger charge is -2.40. The molecule has 0 radical (unpaired) electrons. The van der Waals surface area contributed by atoms with E-state index >= 15 is 0 Å². The third kappa shape index (κ3) is 23.4. The fourth-order valence-corrected chi connectivity index (χ4v) is 6.59. The maximum absolute atomic E-state index is 12.9. The summed E-state index contributed by atoms with van der Waals surface area (Å²) < 4.78 is 11.1. The van der Waals surface area contributed by atoms with Crippen molar-refractivity contribution in [2.24, 2.45) is 0 Å². The topological polar surface area (TPSA) is 169 Å². The summed E-state index contributed by atoms with van der Waals surface area (Å²) in [6, 6.07) is -0.991. The molecule has 0 bridgehead atoms. The number of aliphatic hydroxyl groups excluding tert-OH is 6. The van der Waals surface area contributed by atoms with Crippen molar-refractivity contribution in [3.63, 3.8) is 0 Å². The fraction of sp³-hybridized carbons (Fsp3) is 0.881. The van der Waals surface area contributed by atoms with Gasteiger partial charge in [0.05, 0.1) is 25.4 Å². The largest absolute Gasteiger partial charge is 0.394 e. The Morgan fingerprint density at radius 1 is 0.654 bits per heavy atom. The maximum atomic E-state index is 12.9. The van der Waals surface area contributed by atoms with E-state index in [1.165, 1.54) is 109 Å². The predicted octanol–water partition coefficient (Wildman–Crippen LogP) is 6.91. The van der Waals surface area contributed by atoms with Gasteiger partial charge in [0.2, 0.25) is 5.91 Å². The molecule has 1 aliphatic heterocycles. The Morgan fingerprint density at radius 2 is 1.13 bits per heavy atom. The van der Waals surface area contributed by atoms with Crippen LogP contribution in [0.5, 0.6) is 0 Å². The quantitative estimate of drug-likeness (QED) is 0.0274. The number of amides is 1. The number of nitrogens with one attached hydrogen (secondary N) is 1. The molecule has 52 heavy (non-hydrogen) atoms. The van der Waals surface area contributed by atoms with Crippen molar-refractivity contribution in [1.29, 1.82) is 0 Å². The SMILES string of the molecule is CCCCCCCCCCCCC/C=C/CC/C=C/C(O)C(COC1OC(CO)C(O)C(O)C1O)NC(=O)C(O)CCCCCCCCCCCC. The average molecular weight is 742 g/mol. The molecule has 0 aromatic rings. The van der Waals surface area contributed by atoms with Crippen LogP contribution in [0.4, 0.5) is 0 Å². The van der Waals surface area contributed by atoms with E-state index in [2.05, 4.69) is 31.3 Å². The van der Waals surface area contributed by atoms with Crippen molar-refractivity contribution in [1.82, 2.24) is 5.32 Å². The van der Waals surface area contributed by atoms with Crippen molar-refractivity contribution in [2.75, 3.05) is 13.2 Å². The maximum Gasteiger partial charge on any atom is 0.249 e. The van der Waals surface area contributed by atoms with Crippen LogP contribution in [0.15, 0.2) is 24.3 Å². The van der Waals surface area contributed by atoms with E-state index in [1.807, 2.05) is 6.08 Å². The summed E-state index contributed by atoms with van der Waals surface area (Å²) in [6.45, 7) is 3.55. The van der Waals surface area contributed by atoms with E-state index in [4.69, 9.17) is 9.47 Å². The molecule has 10 heteroatoms. The Labute approximate surface area is 316 Å². The Bertz CT molecular complexity index is 886. The van der Waals surface area contributed by atoms with E-state index in [0.29, 0.717) is 19.3 Å². The fourth-order valence-electron chi connectivity index (χ4n) is 6.59. The molecule has 10 nitrogen and oxygen atoms in total. The first-order chi connectivity index (χ1) is 25.3. The minimum atomic E-state index is -1.61. The van der Waals surface area contributed by atoms with Crippen LogP contribution in [0.1, 0.15) is 174 Å². The molecule has 1 saturated heterocycles.